The summed E-state index contributed by atoms with van der Waals surface area (Å²) in [7, 11) is -0.821. The lowest BCUT2D eigenvalue weighted by Crippen LogP contribution is -2.52. The topological polar surface area (TPSA) is 99.0 Å². The molecule has 206 valence electrons. The molecule has 3 aromatic rings. The molecule has 4 rings (SSSR count). The molecule has 0 radical (unpaired) electrons. The predicted octanol–water partition coefficient (Wildman–Crippen LogP) is 3.23. The minimum absolute atomic E-state index is 0.144. The smallest absolute Gasteiger partial charge is 0.282 e. The molecule has 1 aliphatic heterocycles. The van der Waals surface area contributed by atoms with Crippen molar-refractivity contribution >= 4 is 15.9 Å². The van der Waals surface area contributed by atoms with Crippen LogP contribution in [0.2, 0.25) is 0 Å². The second-order valence-electron chi connectivity index (χ2n) is 9.48. The van der Waals surface area contributed by atoms with Gasteiger partial charge < -0.3 is 14.4 Å². The van der Waals surface area contributed by atoms with Crippen LogP contribution in [0.25, 0.3) is 0 Å². The second kappa shape index (κ2) is 13.6. The number of anilines is 1. The Labute approximate surface area is 231 Å². The maximum Gasteiger partial charge on any atom is 0.282 e. The molecule has 2 aromatic carbocycles. The summed E-state index contributed by atoms with van der Waals surface area (Å²) < 4.78 is 42.2. The molecule has 0 aliphatic carbocycles. The van der Waals surface area contributed by atoms with E-state index in [9.17, 15) is 13.7 Å². The van der Waals surface area contributed by atoms with Crippen LogP contribution in [0, 0.1) is 11.3 Å². The van der Waals surface area contributed by atoms with Gasteiger partial charge in [-0.1, -0.05) is 36.4 Å². The summed E-state index contributed by atoms with van der Waals surface area (Å²) >= 11 is 0. The van der Waals surface area contributed by atoms with Crippen molar-refractivity contribution in [1.29, 1.82) is 5.26 Å². The number of fused-ring (bicyclic) bond motifs is 1. The first-order valence-electron chi connectivity index (χ1n) is 12.9. The number of pyridine rings is 1. The number of nitrogens with zero attached hydrogens (tertiary/aromatic N) is 5. The van der Waals surface area contributed by atoms with Gasteiger partial charge in [-0.15, -0.1) is 0 Å². The lowest BCUT2D eigenvalue weighted by molar-refractivity contribution is 0.144. The molecule has 9 nitrogen and oxygen atoms in total. The quantitative estimate of drug-likeness (QED) is 0.342. The lowest BCUT2D eigenvalue weighted by Gasteiger charge is -2.35. The standard InChI is InChI=1S/C29H35N5O4S/c1-37-15-13-33(14-16-38-2)39(35,36)34-22-27-17-25(19-30)10-11-29(27)32(21-26-9-6-12-31-20-26)23-28(34)18-24-7-4-3-5-8-24/h3-12,17,20,28H,13-16,18,21-23H2,1-2H3. The number of hydrogen-bond acceptors (Lipinski definition) is 7. The SMILES string of the molecule is COCCN(CCOC)S(=O)(=O)N1Cc2cc(C#N)ccc2N(Cc2cccnc2)CC1Cc1ccccc1. The molecular formula is C29H35N5O4S. The zero-order valence-corrected chi connectivity index (χ0v) is 23.3. The molecule has 39 heavy (non-hydrogen) atoms. The molecule has 10 heteroatoms. The monoisotopic (exact) mass is 549 g/mol. The fraction of sp³-hybridized carbons (Fsp3) is 0.379. The molecule has 1 atom stereocenters. The van der Waals surface area contributed by atoms with Crippen LogP contribution in [-0.2, 0) is 39.2 Å². The van der Waals surface area contributed by atoms with E-state index in [2.05, 4.69) is 16.0 Å². The predicted molar refractivity (Wildman–Crippen MR) is 150 cm³/mol. The number of benzene rings is 2. The lowest BCUT2D eigenvalue weighted by atomic mass is 10.1. The minimum Gasteiger partial charge on any atom is -0.383 e. The van der Waals surface area contributed by atoms with Crippen molar-refractivity contribution in [3.05, 3.63) is 95.3 Å². The fourth-order valence-corrected chi connectivity index (χ4v) is 6.62. The molecular weight excluding hydrogens is 514 g/mol. The number of rotatable bonds is 12. The van der Waals surface area contributed by atoms with Crippen molar-refractivity contribution in [2.45, 2.75) is 25.6 Å². The van der Waals surface area contributed by atoms with Gasteiger partial charge >= 0.3 is 0 Å². The number of nitriles is 1. The van der Waals surface area contributed by atoms with E-state index in [4.69, 9.17) is 9.47 Å². The first-order chi connectivity index (χ1) is 19.0. The van der Waals surface area contributed by atoms with Crippen LogP contribution in [0.4, 0.5) is 5.69 Å². The largest absolute Gasteiger partial charge is 0.383 e. The van der Waals surface area contributed by atoms with Crippen LogP contribution >= 0.6 is 0 Å². The maximum atomic E-state index is 14.3. The average Bonchev–Trinajstić information content (AvgIpc) is 3.10. The first kappa shape index (κ1) is 28.7. The highest BCUT2D eigenvalue weighted by Crippen LogP contribution is 2.33. The van der Waals surface area contributed by atoms with Gasteiger partial charge in [-0.25, -0.2) is 0 Å². The molecule has 0 fully saturated rings. The Morgan fingerprint density at radius 3 is 2.38 bits per heavy atom. The summed E-state index contributed by atoms with van der Waals surface area (Å²) in [5, 5.41) is 9.63. The number of methoxy groups -OCH3 is 2. The van der Waals surface area contributed by atoms with Crippen molar-refractivity contribution in [1.82, 2.24) is 13.6 Å². The Morgan fingerprint density at radius 2 is 1.74 bits per heavy atom. The Hall–Kier alpha value is -3.33. The van der Waals surface area contributed by atoms with Crippen LogP contribution in [-0.4, -0.2) is 75.1 Å². The second-order valence-corrected chi connectivity index (χ2v) is 11.4. The van der Waals surface area contributed by atoms with Crippen molar-refractivity contribution in [3.8, 4) is 6.07 Å². The van der Waals surface area contributed by atoms with Crippen molar-refractivity contribution in [3.63, 3.8) is 0 Å². The average molecular weight is 550 g/mol. The Kier molecular flexibility index (Phi) is 10.0. The van der Waals surface area contributed by atoms with Crippen LogP contribution in [0.15, 0.2) is 73.1 Å². The Bertz CT molecular complexity index is 1340. The third kappa shape index (κ3) is 7.20. The highest BCUT2D eigenvalue weighted by molar-refractivity contribution is 7.86. The third-order valence-electron chi connectivity index (χ3n) is 6.84. The zero-order valence-electron chi connectivity index (χ0n) is 22.4. The van der Waals surface area contributed by atoms with Crippen LogP contribution < -0.4 is 4.90 Å². The van der Waals surface area contributed by atoms with Gasteiger partial charge in [0.15, 0.2) is 0 Å². The van der Waals surface area contributed by atoms with Gasteiger partial charge in [-0.2, -0.15) is 22.3 Å². The fourth-order valence-electron chi connectivity index (χ4n) is 4.89. The number of ether oxygens (including phenoxy) is 2. The van der Waals surface area contributed by atoms with Crippen molar-refractivity contribution < 1.29 is 17.9 Å². The highest BCUT2D eigenvalue weighted by atomic mass is 32.2. The molecule has 0 saturated heterocycles. The molecule has 1 unspecified atom stereocenters. The number of hydrogen-bond donors (Lipinski definition) is 0. The molecule has 1 aliphatic rings. The Balaban J connectivity index is 1.80. The normalized spacial score (nSPS) is 16.1. The van der Waals surface area contributed by atoms with Crippen molar-refractivity contribution in [2.24, 2.45) is 0 Å². The summed E-state index contributed by atoms with van der Waals surface area (Å²) in [4.78, 5) is 6.47. The molecule has 0 spiro atoms. The molecule has 2 heterocycles. The van der Waals surface area contributed by atoms with Crippen LogP contribution in [0.3, 0.4) is 0 Å². The van der Waals surface area contributed by atoms with Gasteiger partial charge in [0, 0.05) is 71.1 Å². The van der Waals surface area contributed by atoms with E-state index in [0.29, 0.717) is 25.1 Å². The highest BCUT2D eigenvalue weighted by Gasteiger charge is 2.38. The minimum atomic E-state index is -3.94. The van der Waals surface area contributed by atoms with Gasteiger partial charge in [-0.3, -0.25) is 4.98 Å². The molecule has 0 saturated carbocycles. The van der Waals surface area contributed by atoms with Gasteiger partial charge in [0.25, 0.3) is 10.2 Å². The van der Waals surface area contributed by atoms with E-state index in [-0.39, 0.29) is 38.9 Å². The van der Waals surface area contributed by atoms with Gasteiger partial charge in [0.1, 0.15) is 0 Å². The van der Waals surface area contributed by atoms with Gasteiger partial charge in [-0.05, 0) is 47.4 Å². The van der Waals surface area contributed by atoms with E-state index in [1.807, 2.05) is 54.7 Å². The molecule has 0 bridgehead atoms. The first-order valence-corrected chi connectivity index (χ1v) is 14.3. The summed E-state index contributed by atoms with van der Waals surface area (Å²) in [5.41, 5.74) is 4.26. The summed E-state index contributed by atoms with van der Waals surface area (Å²) in [5.74, 6) is 0. The molecule has 1 aromatic heterocycles. The third-order valence-corrected chi connectivity index (χ3v) is 8.87. The summed E-state index contributed by atoms with van der Waals surface area (Å²) in [6.45, 7) is 2.12. The molecule has 0 amide bonds. The zero-order chi connectivity index (χ0) is 27.7. The van der Waals surface area contributed by atoms with Crippen LogP contribution in [0.1, 0.15) is 22.3 Å². The van der Waals surface area contributed by atoms with E-state index in [0.717, 1.165) is 22.4 Å². The molecule has 0 N–H and O–H groups in total. The van der Waals surface area contributed by atoms with E-state index >= 15 is 0 Å². The van der Waals surface area contributed by atoms with Gasteiger partial charge in [0.05, 0.1) is 24.8 Å². The van der Waals surface area contributed by atoms with E-state index < -0.39 is 10.2 Å². The van der Waals surface area contributed by atoms with E-state index in [1.165, 1.54) is 4.31 Å². The van der Waals surface area contributed by atoms with Gasteiger partial charge in [0.2, 0.25) is 0 Å². The van der Waals surface area contributed by atoms with Crippen molar-refractivity contribution in [2.75, 3.05) is 52.0 Å². The summed E-state index contributed by atoms with van der Waals surface area (Å²) in [6.07, 6.45) is 4.09. The van der Waals surface area contributed by atoms with E-state index in [1.54, 1.807) is 36.9 Å². The Morgan fingerprint density at radius 1 is 1.03 bits per heavy atom. The summed E-state index contributed by atoms with van der Waals surface area (Å²) in [6, 6.07) is 21.2. The van der Waals surface area contributed by atoms with Crippen LogP contribution in [0.5, 0.6) is 0 Å². The maximum absolute atomic E-state index is 14.3. The number of aromatic nitrogens is 1.